The van der Waals surface area contributed by atoms with E-state index < -0.39 is 12.7 Å². The van der Waals surface area contributed by atoms with E-state index in [0.29, 0.717) is 5.69 Å². The van der Waals surface area contributed by atoms with Crippen LogP contribution in [0.3, 0.4) is 0 Å². The van der Waals surface area contributed by atoms with Gasteiger partial charge >= 0.3 is 6.18 Å². The van der Waals surface area contributed by atoms with Gasteiger partial charge in [0.25, 0.3) is 0 Å². The minimum absolute atomic E-state index is 0.501. The lowest BCUT2D eigenvalue weighted by Crippen LogP contribution is -2.46. The van der Waals surface area contributed by atoms with Gasteiger partial charge in [0.1, 0.15) is 6.54 Å². The van der Waals surface area contributed by atoms with E-state index in [4.69, 9.17) is 0 Å². The molecular formula is C15H22F3N3. The molecule has 0 radical (unpaired) electrons. The lowest BCUT2D eigenvalue weighted by Gasteiger charge is -2.36. The normalized spacial score (nSPS) is 17.0. The van der Waals surface area contributed by atoms with Crippen molar-refractivity contribution in [3.05, 3.63) is 24.3 Å². The molecule has 1 aliphatic rings. The molecule has 0 aromatic heterocycles. The first-order valence-corrected chi connectivity index (χ1v) is 7.36. The number of alkyl halides is 3. The number of nitrogens with one attached hydrogen (secondary N) is 1. The quantitative estimate of drug-likeness (QED) is 0.901. The van der Waals surface area contributed by atoms with Gasteiger partial charge in [-0.15, -0.1) is 0 Å². The predicted molar refractivity (Wildman–Crippen MR) is 79.9 cm³/mol. The Kier molecular flexibility index (Phi) is 5.33. The first kappa shape index (κ1) is 15.9. The van der Waals surface area contributed by atoms with Crippen molar-refractivity contribution in [2.75, 3.05) is 49.5 Å². The molecule has 0 spiro atoms. The maximum atomic E-state index is 12.1. The number of rotatable bonds is 5. The Morgan fingerprint density at radius 2 is 1.67 bits per heavy atom. The van der Waals surface area contributed by atoms with E-state index in [-0.39, 0.29) is 0 Å². The fourth-order valence-electron chi connectivity index (χ4n) is 2.54. The average molecular weight is 301 g/mol. The molecule has 1 fully saturated rings. The summed E-state index contributed by atoms with van der Waals surface area (Å²) >= 11 is 0. The molecule has 0 amide bonds. The maximum absolute atomic E-state index is 12.1. The molecular weight excluding hydrogens is 279 g/mol. The zero-order chi connectivity index (χ0) is 15.3. The molecule has 0 unspecified atom stereocenters. The molecule has 2 rings (SSSR count). The largest absolute Gasteiger partial charge is 0.405 e. The predicted octanol–water partition coefficient (Wildman–Crippen LogP) is 3.19. The highest BCUT2D eigenvalue weighted by atomic mass is 19.4. The molecule has 0 atom stereocenters. The molecule has 1 saturated heterocycles. The van der Waals surface area contributed by atoms with Crippen LogP contribution in [0, 0.1) is 0 Å². The van der Waals surface area contributed by atoms with Gasteiger partial charge in [0.05, 0.1) is 0 Å². The number of piperazine rings is 1. The summed E-state index contributed by atoms with van der Waals surface area (Å²) in [6.45, 7) is 6.34. The van der Waals surface area contributed by atoms with Crippen molar-refractivity contribution in [2.24, 2.45) is 0 Å². The first-order valence-electron chi connectivity index (χ1n) is 7.36. The van der Waals surface area contributed by atoms with Crippen LogP contribution in [0.2, 0.25) is 0 Å². The summed E-state index contributed by atoms with van der Waals surface area (Å²) in [6, 6.07) is 7.18. The van der Waals surface area contributed by atoms with Gasteiger partial charge in [0.15, 0.2) is 0 Å². The second-order valence-corrected chi connectivity index (χ2v) is 5.34. The highest BCUT2D eigenvalue weighted by Crippen LogP contribution is 2.21. The van der Waals surface area contributed by atoms with E-state index in [9.17, 15) is 13.2 Å². The number of anilines is 2. The Balaban J connectivity index is 1.85. The third kappa shape index (κ3) is 5.12. The number of benzene rings is 1. The molecule has 0 saturated carbocycles. The average Bonchev–Trinajstić information content (AvgIpc) is 2.46. The molecule has 3 nitrogen and oxygen atoms in total. The fourth-order valence-corrected chi connectivity index (χ4v) is 2.54. The van der Waals surface area contributed by atoms with E-state index >= 15 is 0 Å². The maximum Gasteiger partial charge on any atom is 0.405 e. The molecule has 1 aliphatic heterocycles. The third-order valence-corrected chi connectivity index (χ3v) is 3.64. The molecule has 1 aromatic rings. The van der Waals surface area contributed by atoms with Crippen molar-refractivity contribution in [3.8, 4) is 0 Å². The molecule has 0 aliphatic carbocycles. The van der Waals surface area contributed by atoms with Crippen LogP contribution in [0.1, 0.15) is 13.3 Å². The summed E-state index contributed by atoms with van der Waals surface area (Å²) in [7, 11) is 0. The van der Waals surface area contributed by atoms with Gasteiger partial charge in [-0.3, -0.25) is 4.90 Å². The summed E-state index contributed by atoms with van der Waals surface area (Å²) in [5.74, 6) is 0. The van der Waals surface area contributed by atoms with Crippen LogP contribution in [-0.4, -0.2) is 50.3 Å². The van der Waals surface area contributed by atoms with Crippen LogP contribution in [0.15, 0.2) is 24.3 Å². The van der Waals surface area contributed by atoms with Crippen molar-refractivity contribution in [3.63, 3.8) is 0 Å². The Morgan fingerprint density at radius 3 is 2.19 bits per heavy atom. The van der Waals surface area contributed by atoms with Crippen LogP contribution >= 0.6 is 0 Å². The number of nitrogens with zero attached hydrogens (tertiary/aromatic N) is 2. The van der Waals surface area contributed by atoms with Crippen LogP contribution in [0.4, 0.5) is 24.5 Å². The van der Waals surface area contributed by atoms with Crippen LogP contribution in [0.25, 0.3) is 0 Å². The Bertz CT molecular complexity index is 423. The van der Waals surface area contributed by atoms with Gasteiger partial charge in [-0.05, 0) is 37.2 Å². The summed E-state index contributed by atoms with van der Waals surface area (Å²) in [6.07, 6.45) is -3.02. The lowest BCUT2D eigenvalue weighted by atomic mass is 10.2. The van der Waals surface area contributed by atoms with Crippen LogP contribution in [0.5, 0.6) is 0 Å². The van der Waals surface area contributed by atoms with E-state index in [2.05, 4.69) is 22.0 Å². The van der Waals surface area contributed by atoms with Crippen molar-refractivity contribution < 1.29 is 13.2 Å². The lowest BCUT2D eigenvalue weighted by molar-refractivity contribution is -0.115. The van der Waals surface area contributed by atoms with Gasteiger partial charge in [0.2, 0.25) is 0 Å². The zero-order valence-electron chi connectivity index (χ0n) is 12.3. The molecule has 118 valence electrons. The minimum atomic E-state index is -4.19. The van der Waals surface area contributed by atoms with Gasteiger partial charge in [0, 0.05) is 37.6 Å². The standard InChI is InChI=1S/C15H22F3N3/c1-2-7-20-8-10-21(11-9-20)14-5-3-13(4-6-14)19-12-15(16,17)18/h3-6,19H,2,7-12H2,1H3. The van der Waals surface area contributed by atoms with E-state index in [0.717, 1.165) is 38.4 Å². The van der Waals surface area contributed by atoms with Gasteiger partial charge < -0.3 is 10.2 Å². The fraction of sp³-hybridized carbons (Fsp3) is 0.600. The first-order chi connectivity index (χ1) is 9.98. The molecule has 6 heteroatoms. The second-order valence-electron chi connectivity index (χ2n) is 5.34. The second kappa shape index (κ2) is 7.02. The number of hydrogen-bond acceptors (Lipinski definition) is 3. The van der Waals surface area contributed by atoms with E-state index in [1.54, 1.807) is 12.1 Å². The van der Waals surface area contributed by atoms with Crippen molar-refractivity contribution in [1.82, 2.24) is 4.90 Å². The van der Waals surface area contributed by atoms with Crippen LogP contribution in [-0.2, 0) is 0 Å². The SMILES string of the molecule is CCCN1CCN(c2ccc(NCC(F)(F)F)cc2)CC1. The monoisotopic (exact) mass is 301 g/mol. The topological polar surface area (TPSA) is 18.5 Å². The van der Waals surface area contributed by atoms with Gasteiger partial charge in [-0.25, -0.2) is 0 Å². The van der Waals surface area contributed by atoms with Crippen molar-refractivity contribution in [1.29, 1.82) is 0 Å². The van der Waals surface area contributed by atoms with Crippen molar-refractivity contribution >= 4 is 11.4 Å². The molecule has 1 N–H and O–H groups in total. The van der Waals surface area contributed by atoms with Crippen molar-refractivity contribution in [2.45, 2.75) is 19.5 Å². The van der Waals surface area contributed by atoms with Gasteiger partial charge in [-0.1, -0.05) is 6.92 Å². The highest BCUT2D eigenvalue weighted by molar-refractivity contribution is 5.55. The zero-order valence-corrected chi connectivity index (χ0v) is 12.3. The molecule has 0 bridgehead atoms. The van der Waals surface area contributed by atoms with Crippen LogP contribution < -0.4 is 10.2 Å². The Labute approximate surface area is 123 Å². The number of hydrogen-bond donors (Lipinski definition) is 1. The van der Waals surface area contributed by atoms with E-state index in [1.165, 1.54) is 6.42 Å². The molecule has 21 heavy (non-hydrogen) atoms. The smallest absolute Gasteiger partial charge is 0.376 e. The van der Waals surface area contributed by atoms with Gasteiger partial charge in [-0.2, -0.15) is 13.2 Å². The summed E-state index contributed by atoms with van der Waals surface area (Å²) in [5.41, 5.74) is 1.57. The highest BCUT2D eigenvalue weighted by Gasteiger charge is 2.26. The summed E-state index contributed by atoms with van der Waals surface area (Å²) in [5, 5.41) is 2.39. The van der Waals surface area contributed by atoms with E-state index in [1.807, 2.05) is 12.1 Å². The number of halogens is 3. The third-order valence-electron chi connectivity index (χ3n) is 3.64. The Hall–Kier alpha value is -1.43. The minimum Gasteiger partial charge on any atom is -0.376 e. The summed E-state index contributed by atoms with van der Waals surface area (Å²) < 4.78 is 36.4. The molecule has 1 aromatic carbocycles. The molecule has 1 heterocycles. The summed E-state index contributed by atoms with van der Waals surface area (Å²) in [4.78, 5) is 4.72. The Morgan fingerprint density at radius 1 is 1.05 bits per heavy atom.